The zero-order valence-corrected chi connectivity index (χ0v) is 15.9. The van der Waals surface area contributed by atoms with Crippen LogP contribution >= 0.6 is 0 Å². The molecule has 2 heterocycles. The maximum absolute atomic E-state index is 13.0. The van der Waals surface area contributed by atoms with Gasteiger partial charge in [0.15, 0.2) is 9.84 Å². The molecule has 2 N–H and O–H groups in total. The van der Waals surface area contributed by atoms with Crippen LogP contribution in [0.5, 0.6) is 0 Å². The molecule has 0 aliphatic carbocycles. The zero-order valence-electron chi connectivity index (χ0n) is 15.0. The molecule has 0 spiro atoms. The highest BCUT2D eigenvalue weighted by Crippen LogP contribution is 2.32. The fourth-order valence-electron chi connectivity index (χ4n) is 3.56. The third-order valence-corrected chi connectivity index (χ3v) is 6.85. The van der Waals surface area contributed by atoms with Gasteiger partial charge in [0, 0.05) is 32.8 Å². The normalized spacial score (nSPS) is 28.0. The number of likely N-dealkylation sites (N-methyl/N-ethyl adjacent to an activating group) is 1. The number of sulfone groups is 1. The van der Waals surface area contributed by atoms with Crippen LogP contribution in [-0.4, -0.2) is 82.6 Å². The van der Waals surface area contributed by atoms with Crippen LogP contribution in [0.4, 0.5) is 0 Å². The van der Waals surface area contributed by atoms with Gasteiger partial charge in [-0.05, 0) is 32.7 Å². The third-order valence-electron chi connectivity index (χ3n) is 5.08. The SMILES string of the molecule is CCN(CC(=O)NC1CCS(=O)(=O)C1)C(=O)C1(CCOC)CCNC1. The summed E-state index contributed by atoms with van der Waals surface area (Å²) in [6.45, 7) is 4.10. The molecule has 0 bridgehead atoms. The van der Waals surface area contributed by atoms with Crippen LogP contribution in [0.3, 0.4) is 0 Å². The van der Waals surface area contributed by atoms with E-state index in [2.05, 4.69) is 10.6 Å². The maximum atomic E-state index is 13.0. The lowest BCUT2D eigenvalue weighted by molar-refractivity contribution is -0.145. The lowest BCUT2D eigenvalue weighted by Crippen LogP contribution is -2.50. The van der Waals surface area contributed by atoms with Crippen LogP contribution in [0.25, 0.3) is 0 Å². The van der Waals surface area contributed by atoms with Crippen molar-refractivity contribution >= 4 is 21.7 Å². The van der Waals surface area contributed by atoms with Crippen molar-refractivity contribution in [3.8, 4) is 0 Å². The Bertz CT molecular complexity index is 587. The average molecular weight is 375 g/mol. The number of carbonyl (C=O) groups excluding carboxylic acids is 2. The van der Waals surface area contributed by atoms with Crippen molar-refractivity contribution in [2.24, 2.45) is 5.41 Å². The van der Waals surface area contributed by atoms with E-state index in [1.165, 1.54) is 0 Å². The van der Waals surface area contributed by atoms with Gasteiger partial charge < -0.3 is 20.3 Å². The van der Waals surface area contributed by atoms with Crippen LogP contribution in [0.2, 0.25) is 0 Å². The smallest absolute Gasteiger partial charge is 0.239 e. The minimum absolute atomic E-state index is 0.0134. The molecular weight excluding hydrogens is 346 g/mol. The molecule has 0 aromatic rings. The minimum atomic E-state index is -3.04. The molecule has 2 aliphatic rings. The average Bonchev–Trinajstić information content (AvgIpc) is 3.17. The standard InChI is InChI=1S/C16H29N3O5S/c1-3-19(10-14(20)18-13-4-9-25(22,23)11-13)15(21)16(6-8-24-2)5-7-17-12-16/h13,17H,3-12H2,1-2H3,(H,18,20). The van der Waals surface area contributed by atoms with Gasteiger partial charge in [-0.1, -0.05) is 0 Å². The summed E-state index contributed by atoms with van der Waals surface area (Å²) in [5.74, 6) is -0.239. The van der Waals surface area contributed by atoms with E-state index in [-0.39, 0.29) is 35.9 Å². The van der Waals surface area contributed by atoms with E-state index in [1.807, 2.05) is 6.92 Å². The molecule has 0 radical (unpaired) electrons. The lowest BCUT2D eigenvalue weighted by atomic mass is 9.82. The van der Waals surface area contributed by atoms with E-state index < -0.39 is 15.3 Å². The van der Waals surface area contributed by atoms with Gasteiger partial charge in [0.25, 0.3) is 0 Å². The predicted octanol–water partition coefficient (Wildman–Crippen LogP) is -0.846. The molecule has 144 valence electrons. The van der Waals surface area contributed by atoms with Gasteiger partial charge in [0.2, 0.25) is 11.8 Å². The topological polar surface area (TPSA) is 105 Å². The van der Waals surface area contributed by atoms with Crippen LogP contribution in [0, 0.1) is 5.41 Å². The van der Waals surface area contributed by atoms with Crippen LogP contribution in [-0.2, 0) is 24.2 Å². The van der Waals surface area contributed by atoms with E-state index in [9.17, 15) is 18.0 Å². The van der Waals surface area contributed by atoms with Gasteiger partial charge in [-0.15, -0.1) is 0 Å². The molecule has 2 rings (SSSR count). The van der Waals surface area contributed by atoms with E-state index >= 15 is 0 Å². The summed E-state index contributed by atoms with van der Waals surface area (Å²) in [7, 11) is -1.43. The molecule has 2 fully saturated rings. The Morgan fingerprint density at radius 1 is 1.40 bits per heavy atom. The molecule has 25 heavy (non-hydrogen) atoms. The Hall–Kier alpha value is -1.19. The summed E-state index contributed by atoms with van der Waals surface area (Å²) in [5, 5.41) is 5.98. The number of methoxy groups -OCH3 is 1. The Morgan fingerprint density at radius 2 is 2.16 bits per heavy atom. The largest absolute Gasteiger partial charge is 0.385 e. The first-order valence-corrected chi connectivity index (χ1v) is 10.6. The highest BCUT2D eigenvalue weighted by Gasteiger charge is 2.43. The molecule has 0 aromatic carbocycles. The van der Waals surface area contributed by atoms with Crippen molar-refractivity contribution in [1.29, 1.82) is 0 Å². The molecule has 2 atom stereocenters. The van der Waals surface area contributed by atoms with Gasteiger partial charge in [-0.2, -0.15) is 0 Å². The summed E-state index contributed by atoms with van der Waals surface area (Å²) in [6, 6.07) is -0.345. The molecule has 0 aromatic heterocycles. The monoisotopic (exact) mass is 375 g/mol. The second-order valence-electron chi connectivity index (χ2n) is 6.94. The second kappa shape index (κ2) is 8.46. The van der Waals surface area contributed by atoms with Crippen LogP contribution < -0.4 is 10.6 Å². The van der Waals surface area contributed by atoms with Gasteiger partial charge in [-0.3, -0.25) is 9.59 Å². The maximum Gasteiger partial charge on any atom is 0.239 e. The minimum Gasteiger partial charge on any atom is -0.385 e. The van der Waals surface area contributed by atoms with Crippen molar-refractivity contribution < 1.29 is 22.7 Å². The first-order chi connectivity index (χ1) is 11.8. The zero-order chi connectivity index (χ0) is 18.5. The second-order valence-corrected chi connectivity index (χ2v) is 9.17. The Kier molecular flexibility index (Phi) is 6.81. The number of hydrogen-bond acceptors (Lipinski definition) is 6. The molecule has 2 aliphatic heterocycles. The Morgan fingerprint density at radius 3 is 2.68 bits per heavy atom. The summed E-state index contributed by atoms with van der Waals surface area (Å²) >= 11 is 0. The van der Waals surface area contributed by atoms with Crippen molar-refractivity contribution in [1.82, 2.24) is 15.5 Å². The number of nitrogens with zero attached hydrogens (tertiary/aromatic N) is 1. The fraction of sp³-hybridized carbons (Fsp3) is 0.875. The molecule has 2 amide bonds. The van der Waals surface area contributed by atoms with Gasteiger partial charge in [0.05, 0.1) is 23.5 Å². The molecular formula is C16H29N3O5S. The number of hydrogen-bond donors (Lipinski definition) is 2. The highest BCUT2D eigenvalue weighted by atomic mass is 32.2. The number of carbonyl (C=O) groups is 2. The molecule has 2 saturated heterocycles. The molecule has 2 unspecified atom stereocenters. The van der Waals surface area contributed by atoms with Gasteiger partial charge >= 0.3 is 0 Å². The van der Waals surface area contributed by atoms with Gasteiger partial charge in [-0.25, -0.2) is 8.42 Å². The summed E-state index contributed by atoms with van der Waals surface area (Å²) in [5.41, 5.74) is -0.525. The number of ether oxygens (including phenoxy) is 1. The van der Waals surface area contributed by atoms with Crippen molar-refractivity contribution in [2.45, 2.75) is 32.2 Å². The summed E-state index contributed by atoms with van der Waals surface area (Å²) in [6.07, 6.45) is 1.79. The molecule has 8 nitrogen and oxygen atoms in total. The van der Waals surface area contributed by atoms with E-state index in [1.54, 1.807) is 12.0 Å². The Labute approximate surface area is 149 Å². The first-order valence-electron chi connectivity index (χ1n) is 8.81. The fourth-order valence-corrected chi connectivity index (χ4v) is 5.24. The van der Waals surface area contributed by atoms with Crippen molar-refractivity contribution in [3.63, 3.8) is 0 Å². The number of nitrogens with one attached hydrogen (secondary N) is 2. The first kappa shape index (κ1) is 20.1. The third kappa shape index (κ3) is 5.15. The van der Waals surface area contributed by atoms with Crippen LogP contribution in [0.15, 0.2) is 0 Å². The number of amides is 2. The van der Waals surface area contributed by atoms with E-state index in [0.29, 0.717) is 32.5 Å². The summed E-state index contributed by atoms with van der Waals surface area (Å²) < 4.78 is 28.1. The van der Waals surface area contributed by atoms with E-state index in [4.69, 9.17) is 4.74 Å². The molecule has 0 saturated carbocycles. The lowest BCUT2D eigenvalue weighted by Gasteiger charge is -2.33. The summed E-state index contributed by atoms with van der Waals surface area (Å²) in [4.78, 5) is 26.9. The molecule has 9 heteroatoms. The highest BCUT2D eigenvalue weighted by molar-refractivity contribution is 7.91. The predicted molar refractivity (Wildman–Crippen MR) is 93.9 cm³/mol. The number of rotatable bonds is 8. The van der Waals surface area contributed by atoms with E-state index in [0.717, 1.165) is 13.0 Å². The quantitative estimate of drug-likeness (QED) is 0.573. The van der Waals surface area contributed by atoms with Crippen molar-refractivity contribution in [2.75, 3.05) is 51.4 Å². The van der Waals surface area contributed by atoms with Crippen molar-refractivity contribution in [3.05, 3.63) is 0 Å². The van der Waals surface area contributed by atoms with Gasteiger partial charge in [0.1, 0.15) is 0 Å². The Balaban J connectivity index is 1.95. The van der Waals surface area contributed by atoms with Crippen LogP contribution in [0.1, 0.15) is 26.2 Å².